The summed E-state index contributed by atoms with van der Waals surface area (Å²) in [6.07, 6.45) is 0. The number of fused-ring (bicyclic) bond motifs is 1. The van der Waals surface area contributed by atoms with E-state index in [1.807, 2.05) is 18.2 Å². The topological polar surface area (TPSA) is 115 Å². The number of aliphatic carboxylic acids is 1. The van der Waals surface area contributed by atoms with Crippen molar-refractivity contribution in [1.29, 1.82) is 0 Å². The van der Waals surface area contributed by atoms with Crippen LogP contribution < -0.4 is 4.74 Å². The highest BCUT2D eigenvalue weighted by Crippen LogP contribution is 2.30. The molecule has 2 aromatic carbocycles. The molecule has 1 aromatic heterocycles. The molecule has 4 rings (SSSR count). The molecule has 8 nitrogen and oxygen atoms in total. The van der Waals surface area contributed by atoms with Gasteiger partial charge in [0, 0.05) is 23.3 Å². The Balaban J connectivity index is 1.59. The number of nitro benzene ring substituents is 1. The zero-order valence-electron chi connectivity index (χ0n) is 15.2. The lowest BCUT2D eigenvalue weighted by molar-refractivity contribution is -0.384. The van der Waals surface area contributed by atoms with Crippen LogP contribution in [0.1, 0.15) is 11.3 Å². The summed E-state index contributed by atoms with van der Waals surface area (Å²) < 4.78 is 5.88. The normalized spacial score (nSPS) is 15.9. The third-order valence-corrected chi connectivity index (χ3v) is 5.48. The van der Waals surface area contributed by atoms with E-state index in [9.17, 15) is 14.9 Å². The summed E-state index contributed by atoms with van der Waals surface area (Å²) in [5.74, 6) is 0.598. The van der Waals surface area contributed by atoms with Gasteiger partial charge in [-0.1, -0.05) is 6.07 Å². The molecule has 146 valence electrons. The Morgan fingerprint density at radius 1 is 1.24 bits per heavy atom. The number of rotatable bonds is 5. The molecule has 0 bridgehead atoms. The quantitative estimate of drug-likeness (QED) is 0.496. The van der Waals surface area contributed by atoms with Gasteiger partial charge in [-0.25, -0.2) is 9.78 Å². The van der Waals surface area contributed by atoms with E-state index in [1.54, 1.807) is 25.1 Å². The van der Waals surface area contributed by atoms with Crippen molar-refractivity contribution in [1.82, 2.24) is 4.98 Å². The monoisotopic (exact) mass is 409 g/mol. The minimum atomic E-state index is -0.934. The molecule has 0 aliphatic carbocycles. The molecule has 0 radical (unpaired) electrons. The Labute approximate surface area is 169 Å². The van der Waals surface area contributed by atoms with Gasteiger partial charge in [-0.3, -0.25) is 15.1 Å². The number of aliphatic imine (C=N–C) groups is 1. The number of nitro groups is 1. The van der Waals surface area contributed by atoms with Crippen LogP contribution in [0.2, 0.25) is 0 Å². The number of nitrogens with zero attached hydrogens (tertiary/aromatic N) is 3. The molecule has 1 aliphatic rings. The van der Waals surface area contributed by atoms with Gasteiger partial charge < -0.3 is 9.84 Å². The average Bonchev–Trinajstić information content (AvgIpc) is 3.19. The summed E-state index contributed by atoms with van der Waals surface area (Å²) in [6.45, 7) is 1.75. The molecule has 0 saturated heterocycles. The van der Waals surface area contributed by atoms with Crippen LogP contribution in [0.15, 0.2) is 53.5 Å². The first-order valence-electron chi connectivity index (χ1n) is 8.68. The Kier molecular flexibility index (Phi) is 4.89. The summed E-state index contributed by atoms with van der Waals surface area (Å²) in [4.78, 5) is 30.3. The standard InChI is InChI=1S/C20H15N3O5S/c1-11-8-13(23(26)27)3-7-18(11)28-14-4-6-15-12(9-14)2-5-16(21-15)19-22-17(10-29-19)20(24)25/h2-9,17H,10H2,1H3,(H,24,25)/t17-/m1/s1. The van der Waals surface area contributed by atoms with Gasteiger partial charge in [0.25, 0.3) is 5.69 Å². The van der Waals surface area contributed by atoms with Gasteiger partial charge in [0.05, 0.1) is 16.1 Å². The first-order chi connectivity index (χ1) is 13.9. The highest BCUT2D eigenvalue weighted by molar-refractivity contribution is 8.14. The zero-order chi connectivity index (χ0) is 20.5. The van der Waals surface area contributed by atoms with Crippen LogP contribution in [0.4, 0.5) is 5.69 Å². The van der Waals surface area contributed by atoms with Crippen molar-refractivity contribution in [2.75, 3.05) is 5.75 Å². The highest BCUT2D eigenvalue weighted by Gasteiger charge is 2.25. The second-order valence-corrected chi connectivity index (χ2v) is 7.47. The molecule has 9 heteroatoms. The van der Waals surface area contributed by atoms with E-state index in [-0.39, 0.29) is 5.69 Å². The van der Waals surface area contributed by atoms with Crippen LogP contribution in [0.5, 0.6) is 11.5 Å². The lowest BCUT2D eigenvalue weighted by atomic mass is 10.2. The van der Waals surface area contributed by atoms with Crippen LogP contribution in [-0.2, 0) is 4.79 Å². The molecule has 1 aliphatic heterocycles. The van der Waals surface area contributed by atoms with E-state index >= 15 is 0 Å². The molecule has 0 saturated carbocycles. The minimum absolute atomic E-state index is 0.0166. The summed E-state index contributed by atoms with van der Waals surface area (Å²) in [5, 5.41) is 21.4. The van der Waals surface area contributed by atoms with Crippen LogP contribution in [0, 0.1) is 17.0 Å². The summed E-state index contributed by atoms with van der Waals surface area (Å²) in [7, 11) is 0. The van der Waals surface area contributed by atoms with Crippen molar-refractivity contribution in [3.05, 3.63) is 69.9 Å². The van der Waals surface area contributed by atoms with E-state index in [1.165, 1.54) is 23.9 Å². The number of hydrogen-bond donors (Lipinski definition) is 1. The zero-order valence-corrected chi connectivity index (χ0v) is 16.0. The number of carboxylic acid groups (broad SMARTS) is 1. The third-order valence-electron chi connectivity index (χ3n) is 4.41. The molecule has 2 heterocycles. The fraction of sp³-hybridized carbons (Fsp3) is 0.150. The molecule has 0 unspecified atom stereocenters. The van der Waals surface area contributed by atoms with Crippen molar-refractivity contribution in [2.24, 2.45) is 4.99 Å². The molecule has 0 spiro atoms. The number of pyridine rings is 1. The smallest absolute Gasteiger partial charge is 0.329 e. The largest absolute Gasteiger partial charge is 0.480 e. The molecule has 3 aromatic rings. The van der Waals surface area contributed by atoms with Crippen LogP contribution in [-0.4, -0.2) is 37.8 Å². The molecular weight excluding hydrogens is 394 g/mol. The van der Waals surface area contributed by atoms with Gasteiger partial charge in [0.1, 0.15) is 16.5 Å². The predicted molar refractivity (Wildman–Crippen MR) is 110 cm³/mol. The van der Waals surface area contributed by atoms with Crippen LogP contribution in [0.3, 0.4) is 0 Å². The maximum Gasteiger partial charge on any atom is 0.329 e. The Bertz CT molecular complexity index is 1180. The maximum atomic E-state index is 11.1. The Morgan fingerprint density at radius 2 is 2.07 bits per heavy atom. The number of carboxylic acids is 1. The number of aryl methyl sites for hydroxylation is 1. The Hall–Kier alpha value is -3.46. The van der Waals surface area contributed by atoms with Crippen LogP contribution >= 0.6 is 11.8 Å². The Morgan fingerprint density at radius 3 is 2.76 bits per heavy atom. The maximum absolute atomic E-state index is 11.1. The summed E-state index contributed by atoms with van der Waals surface area (Å²) in [5.41, 5.74) is 2.06. The van der Waals surface area contributed by atoms with E-state index in [4.69, 9.17) is 9.84 Å². The molecule has 1 atom stereocenters. The van der Waals surface area contributed by atoms with Gasteiger partial charge in [-0.2, -0.15) is 0 Å². The number of aromatic nitrogens is 1. The van der Waals surface area contributed by atoms with Crippen molar-refractivity contribution in [2.45, 2.75) is 13.0 Å². The van der Waals surface area contributed by atoms with Gasteiger partial charge in [-0.05, 0) is 42.8 Å². The number of hydrogen-bond acceptors (Lipinski definition) is 7. The second-order valence-electron chi connectivity index (χ2n) is 6.46. The van der Waals surface area contributed by atoms with Crippen molar-refractivity contribution in [3.8, 4) is 11.5 Å². The third kappa shape index (κ3) is 3.90. The number of carbonyl (C=O) groups is 1. The second kappa shape index (κ2) is 7.51. The van der Waals surface area contributed by atoms with Crippen molar-refractivity contribution >= 4 is 39.4 Å². The highest BCUT2D eigenvalue weighted by atomic mass is 32.2. The van der Waals surface area contributed by atoms with Crippen molar-refractivity contribution < 1.29 is 19.6 Å². The number of non-ortho nitro benzene ring substituents is 1. The first-order valence-corrected chi connectivity index (χ1v) is 9.67. The van der Waals surface area contributed by atoms with Gasteiger partial charge in [-0.15, -0.1) is 11.8 Å². The number of benzene rings is 2. The van der Waals surface area contributed by atoms with E-state index in [2.05, 4.69) is 9.98 Å². The lowest BCUT2D eigenvalue weighted by Crippen LogP contribution is -2.17. The molecule has 0 fully saturated rings. The SMILES string of the molecule is Cc1cc([N+](=O)[O-])ccc1Oc1ccc2nc(C3=N[C@@H](C(=O)O)CS3)ccc2c1. The van der Waals surface area contributed by atoms with Gasteiger partial charge in [0.15, 0.2) is 6.04 Å². The first kappa shape index (κ1) is 18.9. The fourth-order valence-corrected chi connectivity index (χ4v) is 3.91. The minimum Gasteiger partial charge on any atom is -0.480 e. The summed E-state index contributed by atoms with van der Waals surface area (Å²) >= 11 is 1.38. The number of ether oxygens (including phenoxy) is 1. The molecule has 1 N–H and O–H groups in total. The van der Waals surface area contributed by atoms with E-state index in [0.717, 1.165) is 10.9 Å². The molecule has 0 amide bonds. The molecular formula is C20H15N3O5S. The van der Waals surface area contributed by atoms with Gasteiger partial charge in [0.2, 0.25) is 0 Å². The molecule has 29 heavy (non-hydrogen) atoms. The van der Waals surface area contributed by atoms with Gasteiger partial charge >= 0.3 is 5.97 Å². The lowest BCUT2D eigenvalue weighted by Gasteiger charge is -2.10. The van der Waals surface area contributed by atoms with E-state index in [0.29, 0.717) is 33.6 Å². The van der Waals surface area contributed by atoms with E-state index < -0.39 is 16.9 Å². The fourth-order valence-electron chi connectivity index (χ4n) is 2.92. The number of thioether (sulfide) groups is 1. The van der Waals surface area contributed by atoms with Crippen LogP contribution in [0.25, 0.3) is 10.9 Å². The van der Waals surface area contributed by atoms with Crippen molar-refractivity contribution in [3.63, 3.8) is 0 Å². The average molecular weight is 409 g/mol. The predicted octanol–water partition coefficient (Wildman–Crippen LogP) is 4.19. The summed E-state index contributed by atoms with van der Waals surface area (Å²) in [6, 6.07) is 12.8.